The van der Waals surface area contributed by atoms with Crippen LogP contribution in [0.2, 0.25) is 0 Å². The first-order valence-electron chi connectivity index (χ1n) is 9.16. The molecule has 4 rings (SSSR count). The SMILES string of the molecule is Cc1cc(C(F)(F)F)nc(N2CCN(Cc3cc(-c4ccccn4)no3)CC2)n1. The molecule has 3 aromatic heterocycles. The van der Waals surface area contributed by atoms with Crippen LogP contribution >= 0.6 is 0 Å². The quantitative estimate of drug-likeness (QED) is 0.661. The number of pyridine rings is 1. The van der Waals surface area contributed by atoms with Crippen LogP contribution in [-0.2, 0) is 12.7 Å². The molecule has 3 aromatic rings. The van der Waals surface area contributed by atoms with Gasteiger partial charge < -0.3 is 9.42 Å². The van der Waals surface area contributed by atoms with Crippen LogP contribution in [0.15, 0.2) is 41.1 Å². The van der Waals surface area contributed by atoms with Gasteiger partial charge in [-0.05, 0) is 25.1 Å². The lowest BCUT2D eigenvalue weighted by molar-refractivity contribution is -0.141. The number of aryl methyl sites for hydroxylation is 1. The first kappa shape index (κ1) is 19.3. The second kappa shape index (κ2) is 7.78. The Bertz CT molecular complexity index is 968. The van der Waals surface area contributed by atoms with Gasteiger partial charge in [-0.15, -0.1) is 0 Å². The molecular formula is C19H19F3N6O. The molecule has 1 fully saturated rings. The van der Waals surface area contributed by atoms with E-state index in [9.17, 15) is 13.2 Å². The van der Waals surface area contributed by atoms with E-state index in [0.717, 1.165) is 11.8 Å². The molecule has 0 saturated carbocycles. The van der Waals surface area contributed by atoms with Gasteiger partial charge >= 0.3 is 6.18 Å². The maximum atomic E-state index is 13.0. The van der Waals surface area contributed by atoms with E-state index in [-0.39, 0.29) is 5.95 Å². The van der Waals surface area contributed by atoms with Crippen molar-refractivity contribution in [3.8, 4) is 11.4 Å². The Hall–Kier alpha value is -3.01. The highest BCUT2D eigenvalue weighted by Crippen LogP contribution is 2.29. The summed E-state index contributed by atoms with van der Waals surface area (Å²) in [5, 5.41) is 4.06. The van der Waals surface area contributed by atoms with Gasteiger partial charge in [0.25, 0.3) is 0 Å². The van der Waals surface area contributed by atoms with Gasteiger partial charge in [-0.2, -0.15) is 13.2 Å². The minimum absolute atomic E-state index is 0.120. The van der Waals surface area contributed by atoms with Crippen molar-refractivity contribution in [3.63, 3.8) is 0 Å². The number of hydrogen-bond acceptors (Lipinski definition) is 7. The number of anilines is 1. The molecular weight excluding hydrogens is 385 g/mol. The number of rotatable bonds is 4. The minimum Gasteiger partial charge on any atom is -0.359 e. The Balaban J connectivity index is 1.38. The molecule has 1 aliphatic rings. The number of nitrogens with zero attached hydrogens (tertiary/aromatic N) is 6. The lowest BCUT2D eigenvalue weighted by Crippen LogP contribution is -2.46. The Morgan fingerprint density at radius 3 is 2.52 bits per heavy atom. The number of alkyl halides is 3. The van der Waals surface area contributed by atoms with Crippen LogP contribution in [0.25, 0.3) is 11.4 Å². The molecule has 7 nitrogen and oxygen atoms in total. The van der Waals surface area contributed by atoms with Gasteiger partial charge in [-0.25, -0.2) is 9.97 Å². The zero-order valence-corrected chi connectivity index (χ0v) is 15.7. The summed E-state index contributed by atoms with van der Waals surface area (Å²) >= 11 is 0. The molecule has 10 heteroatoms. The predicted molar refractivity (Wildman–Crippen MR) is 99.0 cm³/mol. The average molecular weight is 404 g/mol. The van der Waals surface area contributed by atoms with Crippen LogP contribution in [0.5, 0.6) is 0 Å². The monoisotopic (exact) mass is 404 g/mol. The highest BCUT2D eigenvalue weighted by molar-refractivity contribution is 5.53. The molecule has 4 heterocycles. The number of halogens is 3. The normalized spacial score (nSPS) is 15.7. The van der Waals surface area contributed by atoms with Gasteiger partial charge in [-0.3, -0.25) is 9.88 Å². The van der Waals surface area contributed by atoms with E-state index in [2.05, 4.69) is 25.0 Å². The molecule has 152 valence electrons. The summed E-state index contributed by atoms with van der Waals surface area (Å²) in [5.41, 5.74) is 0.802. The fourth-order valence-corrected chi connectivity index (χ4v) is 3.19. The summed E-state index contributed by atoms with van der Waals surface area (Å²) in [5.74, 6) is 0.833. The largest absolute Gasteiger partial charge is 0.433 e. The summed E-state index contributed by atoms with van der Waals surface area (Å²) < 4.78 is 44.4. The molecule has 0 amide bonds. The molecule has 0 unspecified atom stereocenters. The molecule has 0 aromatic carbocycles. The predicted octanol–water partition coefficient (Wildman–Crippen LogP) is 3.18. The Morgan fingerprint density at radius 1 is 1.03 bits per heavy atom. The molecule has 1 saturated heterocycles. The van der Waals surface area contributed by atoms with E-state index in [1.54, 1.807) is 18.0 Å². The van der Waals surface area contributed by atoms with E-state index in [4.69, 9.17) is 4.52 Å². The van der Waals surface area contributed by atoms with Gasteiger partial charge in [0.05, 0.1) is 12.2 Å². The number of aromatic nitrogens is 4. The van der Waals surface area contributed by atoms with Crippen molar-refractivity contribution in [3.05, 3.63) is 53.7 Å². The summed E-state index contributed by atoms with van der Waals surface area (Å²) in [7, 11) is 0. The van der Waals surface area contributed by atoms with Gasteiger partial charge in [0.1, 0.15) is 11.4 Å². The molecule has 0 aliphatic carbocycles. The van der Waals surface area contributed by atoms with Gasteiger partial charge in [0, 0.05) is 44.1 Å². The highest BCUT2D eigenvalue weighted by Gasteiger charge is 2.34. The third kappa shape index (κ3) is 4.53. The van der Waals surface area contributed by atoms with E-state index in [0.29, 0.717) is 49.9 Å². The van der Waals surface area contributed by atoms with Gasteiger partial charge in [0.15, 0.2) is 5.76 Å². The fraction of sp³-hybridized carbons (Fsp3) is 0.368. The van der Waals surface area contributed by atoms with Crippen molar-refractivity contribution in [1.29, 1.82) is 0 Å². The second-order valence-electron chi connectivity index (χ2n) is 6.85. The highest BCUT2D eigenvalue weighted by atomic mass is 19.4. The first-order valence-corrected chi connectivity index (χ1v) is 9.16. The van der Waals surface area contributed by atoms with Crippen LogP contribution < -0.4 is 4.90 Å². The lowest BCUT2D eigenvalue weighted by atomic mass is 10.2. The van der Waals surface area contributed by atoms with E-state index < -0.39 is 11.9 Å². The van der Waals surface area contributed by atoms with Crippen molar-refractivity contribution in [2.75, 3.05) is 31.1 Å². The zero-order chi connectivity index (χ0) is 20.4. The van der Waals surface area contributed by atoms with Crippen molar-refractivity contribution in [1.82, 2.24) is 25.0 Å². The lowest BCUT2D eigenvalue weighted by Gasteiger charge is -2.34. The van der Waals surface area contributed by atoms with Crippen LogP contribution in [0.1, 0.15) is 17.1 Å². The summed E-state index contributed by atoms with van der Waals surface area (Å²) in [6.45, 7) is 4.47. The number of hydrogen-bond donors (Lipinski definition) is 0. The van der Waals surface area contributed by atoms with Gasteiger partial charge in [-0.1, -0.05) is 11.2 Å². The smallest absolute Gasteiger partial charge is 0.359 e. The second-order valence-corrected chi connectivity index (χ2v) is 6.85. The minimum atomic E-state index is -4.48. The fourth-order valence-electron chi connectivity index (χ4n) is 3.19. The third-order valence-corrected chi connectivity index (χ3v) is 4.65. The van der Waals surface area contributed by atoms with E-state index in [1.165, 1.54) is 0 Å². The first-order chi connectivity index (χ1) is 13.9. The van der Waals surface area contributed by atoms with Crippen molar-refractivity contribution in [2.24, 2.45) is 0 Å². The van der Waals surface area contributed by atoms with Crippen molar-refractivity contribution in [2.45, 2.75) is 19.6 Å². The molecule has 0 bridgehead atoms. The van der Waals surface area contributed by atoms with Gasteiger partial charge in [0.2, 0.25) is 5.95 Å². The van der Waals surface area contributed by atoms with Crippen LogP contribution in [-0.4, -0.2) is 51.2 Å². The third-order valence-electron chi connectivity index (χ3n) is 4.65. The Kier molecular flexibility index (Phi) is 5.18. The van der Waals surface area contributed by atoms with Crippen LogP contribution in [0, 0.1) is 6.92 Å². The zero-order valence-electron chi connectivity index (χ0n) is 15.7. The van der Waals surface area contributed by atoms with E-state index >= 15 is 0 Å². The maximum absolute atomic E-state index is 13.0. The van der Waals surface area contributed by atoms with Crippen LogP contribution in [0.4, 0.5) is 19.1 Å². The number of piperazine rings is 1. The maximum Gasteiger partial charge on any atom is 0.433 e. The molecule has 0 spiro atoms. The molecule has 0 N–H and O–H groups in total. The molecule has 1 aliphatic heterocycles. The molecule has 29 heavy (non-hydrogen) atoms. The summed E-state index contributed by atoms with van der Waals surface area (Å²) in [6.07, 6.45) is -2.79. The topological polar surface area (TPSA) is 71.2 Å². The molecule has 0 atom stereocenters. The summed E-state index contributed by atoms with van der Waals surface area (Å²) in [6, 6.07) is 8.39. The van der Waals surface area contributed by atoms with Crippen molar-refractivity contribution >= 4 is 5.95 Å². The average Bonchev–Trinajstić information content (AvgIpc) is 3.17. The standard InChI is InChI=1S/C19H19F3N6O/c1-13-10-17(19(20,21)22)25-18(24-13)28-8-6-27(7-9-28)12-14-11-16(26-29-14)15-4-2-3-5-23-15/h2-5,10-11H,6-9,12H2,1H3. The molecule has 0 radical (unpaired) electrons. The summed E-state index contributed by atoms with van der Waals surface area (Å²) in [4.78, 5) is 16.1. The Morgan fingerprint density at radius 2 is 1.83 bits per heavy atom. The van der Waals surface area contributed by atoms with Crippen LogP contribution in [0.3, 0.4) is 0 Å². The van der Waals surface area contributed by atoms with E-state index in [1.807, 2.05) is 24.3 Å². The van der Waals surface area contributed by atoms with Crippen molar-refractivity contribution < 1.29 is 17.7 Å². The Labute approximate surface area is 165 Å².